The molecule has 0 aromatic carbocycles. The van der Waals surface area contributed by atoms with Gasteiger partial charge in [0.15, 0.2) is 0 Å². The van der Waals surface area contributed by atoms with Crippen molar-refractivity contribution in [2.45, 2.75) is 18.9 Å². The summed E-state index contributed by atoms with van der Waals surface area (Å²) in [6.45, 7) is 4.05. The van der Waals surface area contributed by atoms with E-state index in [1.54, 1.807) is 18.5 Å². The number of aromatic nitrogens is 1. The van der Waals surface area contributed by atoms with Crippen LogP contribution in [0.2, 0.25) is 5.02 Å². The molecule has 0 N–H and O–H groups in total. The fraction of sp³-hybridized carbons (Fsp3) is 0.600. The third-order valence-corrected chi connectivity index (χ3v) is 4.31. The number of amides is 2. The van der Waals surface area contributed by atoms with E-state index >= 15 is 0 Å². The zero-order chi connectivity index (χ0) is 15.4. The van der Waals surface area contributed by atoms with E-state index in [0.717, 1.165) is 12.8 Å². The van der Waals surface area contributed by atoms with Crippen LogP contribution in [0.5, 0.6) is 5.75 Å². The largest absolute Gasteiger partial charge is 0.489 e. The summed E-state index contributed by atoms with van der Waals surface area (Å²) in [5.41, 5.74) is 0. The van der Waals surface area contributed by atoms with E-state index in [1.165, 1.54) is 0 Å². The van der Waals surface area contributed by atoms with E-state index in [9.17, 15) is 4.79 Å². The van der Waals surface area contributed by atoms with Crippen molar-refractivity contribution in [2.24, 2.45) is 0 Å². The monoisotopic (exact) mass is 325 g/mol. The minimum absolute atomic E-state index is 0.0913. The molecule has 0 bridgehead atoms. The Morgan fingerprint density at radius 1 is 1.23 bits per heavy atom. The second-order valence-corrected chi connectivity index (χ2v) is 5.90. The topological polar surface area (TPSA) is 54.9 Å². The van der Waals surface area contributed by atoms with Crippen LogP contribution in [0.15, 0.2) is 18.5 Å². The van der Waals surface area contributed by atoms with Gasteiger partial charge in [0.25, 0.3) is 0 Å². The molecule has 0 atom stereocenters. The normalized spacial score (nSPS) is 20.0. The van der Waals surface area contributed by atoms with Crippen LogP contribution in [0.3, 0.4) is 0 Å². The van der Waals surface area contributed by atoms with E-state index in [1.807, 2.05) is 9.80 Å². The fourth-order valence-electron chi connectivity index (χ4n) is 2.76. The van der Waals surface area contributed by atoms with Crippen molar-refractivity contribution in [1.82, 2.24) is 14.8 Å². The SMILES string of the molecule is O=C(N1CCOCC1)N1CCC(Oc2ccncc2Cl)CC1. The van der Waals surface area contributed by atoms with Crippen molar-refractivity contribution < 1.29 is 14.3 Å². The van der Waals surface area contributed by atoms with Gasteiger partial charge in [-0.05, 0) is 0 Å². The first-order chi connectivity index (χ1) is 10.7. The van der Waals surface area contributed by atoms with E-state index in [-0.39, 0.29) is 12.1 Å². The lowest BCUT2D eigenvalue weighted by atomic mass is 10.1. The van der Waals surface area contributed by atoms with Gasteiger partial charge < -0.3 is 19.3 Å². The molecule has 0 saturated carbocycles. The summed E-state index contributed by atoms with van der Waals surface area (Å²) < 4.78 is 11.2. The molecular formula is C15H20ClN3O3. The van der Waals surface area contributed by atoms with Crippen molar-refractivity contribution in [1.29, 1.82) is 0 Å². The number of carbonyl (C=O) groups is 1. The Morgan fingerprint density at radius 3 is 2.59 bits per heavy atom. The first kappa shape index (κ1) is 15.4. The highest BCUT2D eigenvalue weighted by molar-refractivity contribution is 6.31. The quantitative estimate of drug-likeness (QED) is 0.835. The van der Waals surface area contributed by atoms with Crippen LogP contribution in [0.4, 0.5) is 4.79 Å². The maximum absolute atomic E-state index is 12.4. The molecule has 0 spiro atoms. The number of morpholine rings is 1. The minimum Gasteiger partial charge on any atom is -0.489 e. The van der Waals surface area contributed by atoms with Crippen molar-refractivity contribution in [3.8, 4) is 5.75 Å². The van der Waals surface area contributed by atoms with Gasteiger partial charge in [-0.1, -0.05) is 11.6 Å². The van der Waals surface area contributed by atoms with Crippen molar-refractivity contribution in [2.75, 3.05) is 39.4 Å². The lowest BCUT2D eigenvalue weighted by Gasteiger charge is -2.37. The van der Waals surface area contributed by atoms with Crippen LogP contribution in [-0.2, 0) is 4.74 Å². The Balaban J connectivity index is 1.50. The Kier molecular flexibility index (Phi) is 5.00. The molecule has 0 radical (unpaired) electrons. The summed E-state index contributed by atoms with van der Waals surface area (Å²) in [4.78, 5) is 20.1. The molecule has 3 rings (SSSR count). The van der Waals surface area contributed by atoms with Gasteiger partial charge in [-0.3, -0.25) is 4.98 Å². The number of nitrogens with zero attached hydrogens (tertiary/aromatic N) is 3. The van der Waals surface area contributed by atoms with Gasteiger partial charge in [0.1, 0.15) is 16.9 Å². The van der Waals surface area contributed by atoms with Gasteiger partial charge in [0, 0.05) is 57.5 Å². The van der Waals surface area contributed by atoms with Gasteiger partial charge in [0.05, 0.1) is 13.2 Å². The van der Waals surface area contributed by atoms with Gasteiger partial charge in [-0.15, -0.1) is 0 Å². The molecular weight excluding hydrogens is 306 g/mol. The van der Waals surface area contributed by atoms with E-state index in [0.29, 0.717) is 50.2 Å². The first-order valence-electron chi connectivity index (χ1n) is 7.62. The molecule has 7 heteroatoms. The van der Waals surface area contributed by atoms with E-state index < -0.39 is 0 Å². The van der Waals surface area contributed by atoms with Gasteiger partial charge in [-0.2, -0.15) is 0 Å². The van der Waals surface area contributed by atoms with Crippen LogP contribution < -0.4 is 4.74 Å². The third-order valence-electron chi connectivity index (χ3n) is 4.02. The van der Waals surface area contributed by atoms with E-state index in [4.69, 9.17) is 21.1 Å². The Morgan fingerprint density at radius 2 is 1.91 bits per heavy atom. The second-order valence-electron chi connectivity index (χ2n) is 5.49. The Bertz CT molecular complexity index is 515. The second kappa shape index (κ2) is 7.15. The number of piperidine rings is 1. The predicted molar refractivity (Wildman–Crippen MR) is 82.3 cm³/mol. The zero-order valence-corrected chi connectivity index (χ0v) is 13.2. The molecule has 22 heavy (non-hydrogen) atoms. The van der Waals surface area contributed by atoms with Crippen molar-refractivity contribution in [3.05, 3.63) is 23.5 Å². The van der Waals surface area contributed by atoms with Crippen LogP contribution in [0, 0.1) is 0 Å². The molecule has 0 unspecified atom stereocenters. The molecule has 1 aromatic heterocycles. The van der Waals surface area contributed by atoms with Gasteiger partial charge >= 0.3 is 6.03 Å². The summed E-state index contributed by atoms with van der Waals surface area (Å²) >= 11 is 6.05. The molecule has 0 aliphatic carbocycles. The Hall–Kier alpha value is -1.53. The highest BCUT2D eigenvalue weighted by atomic mass is 35.5. The molecule has 2 aliphatic heterocycles. The molecule has 3 heterocycles. The van der Waals surface area contributed by atoms with Crippen molar-refractivity contribution in [3.63, 3.8) is 0 Å². The minimum atomic E-state index is 0.0913. The Labute approximate surface area is 135 Å². The maximum Gasteiger partial charge on any atom is 0.320 e. The summed E-state index contributed by atoms with van der Waals surface area (Å²) in [5, 5.41) is 0.523. The molecule has 2 amide bonds. The van der Waals surface area contributed by atoms with Crippen LogP contribution in [0.25, 0.3) is 0 Å². The fourth-order valence-corrected chi connectivity index (χ4v) is 2.92. The number of hydrogen-bond donors (Lipinski definition) is 0. The lowest BCUT2D eigenvalue weighted by molar-refractivity contribution is 0.0360. The van der Waals surface area contributed by atoms with Gasteiger partial charge in [0.2, 0.25) is 0 Å². The zero-order valence-electron chi connectivity index (χ0n) is 12.4. The summed E-state index contributed by atoms with van der Waals surface area (Å²) in [6, 6.07) is 1.89. The van der Waals surface area contributed by atoms with E-state index in [2.05, 4.69) is 4.98 Å². The summed E-state index contributed by atoms with van der Waals surface area (Å²) in [7, 11) is 0. The van der Waals surface area contributed by atoms with Crippen molar-refractivity contribution >= 4 is 17.6 Å². The van der Waals surface area contributed by atoms with Crippen LogP contribution in [-0.4, -0.2) is 66.3 Å². The maximum atomic E-state index is 12.4. The highest BCUT2D eigenvalue weighted by Crippen LogP contribution is 2.26. The standard InChI is InChI=1S/C15H20ClN3O3/c16-13-11-17-4-1-14(13)22-12-2-5-18(6-3-12)15(20)19-7-9-21-10-8-19/h1,4,11-12H,2-3,5-10H2. The number of carbonyl (C=O) groups excluding carboxylic acids is 1. The highest BCUT2D eigenvalue weighted by Gasteiger charge is 2.28. The third kappa shape index (κ3) is 3.62. The average molecular weight is 326 g/mol. The summed E-state index contributed by atoms with van der Waals surface area (Å²) in [5.74, 6) is 0.662. The number of rotatable bonds is 2. The number of pyridine rings is 1. The molecule has 1 aromatic rings. The number of urea groups is 1. The number of likely N-dealkylation sites (tertiary alicyclic amines) is 1. The first-order valence-corrected chi connectivity index (χ1v) is 7.99. The van der Waals surface area contributed by atoms with Crippen LogP contribution in [0.1, 0.15) is 12.8 Å². The molecule has 2 aliphatic rings. The number of ether oxygens (including phenoxy) is 2. The van der Waals surface area contributed by atoms with Gasteiger partial charge in [-0.25, -0.2) is 4.79 Å². The molecule has 2 fully saturated rings. The number of halogens is 1. The molecule has 6 nitrogen and oxygen atoms in total. The average Bonchev–Trinajstić information content (AvgIpc) is 2.58. The van der Waals surface area contributed by atoms with Crippen LogP contribution >= 0.6 is 11.6 Å². The molecule has 120 valence electrons. The molecule has 2 saturated heterocycles. The predicted octanol–water partition coefficient (Wildman–Crippen LogP) is 2.03. The lowest BCUT2D eigenvalue weighted by Crippen LogP contribution is -2.51. The number of hydrogen-bond acceptors (Lipinski definition) is 4. The summed E-state index contributed by atoms with van der Waals surface area (Å²) in [6.07, 6.45) is 4.96. The smallest absolute Gasteiger partial charge is 0.320 e.